The first-order valence-electron chi connectivity index (χ1n) is 11.0. The van der Waals surface area contributed by atoms with E-state index in [1.165, 1.54) is 16.2 Å². The van der Waals surface area contributed by atoms with Crippen molar-refractivity contribution in [2.45, 2.75) is 44.1 Å². The number of carbonyl (C=O) groups excluding carboxylic acids is 3. The van der Waals surface area contributed by atoms with Gasteiger partial charge in [0, 0.05) is 24.0 Å². The molecule has 0 bridgehead atoms. The lowest BCUT2D eigenvalue weighted by molar-refractivity contribution is -0.131. The Morgan fingerprint density at radius 3 is 2.70 bits per heavy atom. The van der Waals surface area contributed by atoms with Crippen molar-refractivity contribution < 1.29 is 23.9 Å². The second-order valence-electron chi connectivity index (χ2n) is 8.27. The number of aromatic nitrogens is 1. The summed E-state index contributed by atoms with van der Waals surface area (Å²) in [5.41, 5.74) is 0.883. The summed E-state index contributed by atoms with van der Waals surface area (Å²) in [6.45, 7) is 0.683. The fourth-order valence-electron chi connectivity index (χ4n) is 4.38. The molecule has 9 nitrogen and oxygen atoms in total. The molecule has 2 aliphatic rings. The normalized spacial score (nSPS) is 16.8. The molecule has 2 aromatic rings. The van der Waals surface area contributed by atoms with E-state index in [9.17, 15) is 14.4 Å². The van der Waals surface area contributed by atoms with E-state index in [2.05, 4.69) is 15.6 Å². The number of hydrogen-bond acceptors (Lipinski definition) is 7. The first kappa shape index (κ1) is 23.0. The highest BCUT2D eigenvalue weighted by atomic mass is 32.1. The summed E-state index contributed by atoms with van der Waals surface area (Å²) in [4.78, 5) is 43.0. The van der Waals surface area contributed by atoms with Crippen LogP contribution >= 0.6 is 11.3 Å². The molecule has 1 aromatic carbocycles. The highest BCUT2D eigenvalue weighted by Gasteiger charge is 2.51. The van der Waals surface area contributed by atoms with Crippen LogP contribution in [-0.2, 0) is 16.0 Å². The molecule has 1 aliphatic carbocycles. The van der Waals surface area contributed by atoms with Crippen molar-refractivity contribution in [2.75, 3.05) is 27.3 Å². The van der Waals surface area contributed by atoms with E-state index in [-0.39, 0.29) is 24.3 Å². The van der Waals surface area contributed by atoms with E-state index in [1.807, 2.05) is 23.6 Å². The zero-order valence-electron chi connectivity index (χ0n) is 18.8. The van der Waals surface area contributed by atoms with Crippen LogP contribution in [0.5, 0.6) is 11.5 Å². The Bertz CT molecular complexity index is 1050. The van der Waals surface area contributed by atoms with E-state index in [0.29, 0.717) is 49.5 Å². The molecule has 1 aromatic heterocycles. The van der Waals surface area contributed by atoms with Crippen molar-refractivity contribution in [1.82, 2.24) is 20.5 Å². The van der Waals surface area contributed by atoms with Crippen LogP contribution in [0, 0.1) is 0 Å². The van der Waals surface area contributed by atoms with Crippen LogP contribution in [-0.4, -0.2) is 60.6 Å². The number of urea groups is 1. The Balaban J connectivity index is 1.24. The number of imide groups is 1. The lowest BCUT2D eigenvalue weighted by Gasteiger charge is -2.20. The Hall–Kier alpha value is -3.14. The van der Waals surface area contributed by atoms with Crippen LogP contribution in [0.1, 0.15) is 37.8 Å². The Kier molecular flexibility index (Phi) is 6.83. The SMILES string of the molecule is COc1ccc(-c2nc(CC(=O)NCCCN3C(=O)NC4(CCCC4)C3=O)cs2)cc1OC. The first-order chi connectivity index (χ1) is 16.0. The summed E-state index contributed by atoms with van der Waals surface area (Å²) in [5.74, 6) is 0.988. The third-order valence-electron chi connectivity index (χ3n) is 6.11. The maximum atomic E-state index is 12.6. The topological polar surface area (TPSA) is 110 Å². The molecule has 1 saturated heterocycles. The van der Waals surface area contributed by atoms with Crippen molar-refractivity contribution in [3.63, 3.8) is 0 Å². The second kappa shape index (κ2) is 9.78. The van der Waals surface area contributed by atoms with Gasteiger partial charge in [-0.05, 0) is 37.5 Å². The van der Waals surface area contributed by atoms with E-state index < -0.39 is 5.54 Å². The highest BCUT2D eigenvalue weighted by molar-refractivity contribution is 7.13. The summed E-state index contributed by atoms with van der Waals surface area (Å²) >= 11 is 1.46. The van der Waals surface area contributed by atoms with Crippen LogP contribution < -0.4 is 20.1 Å². The minimum Gasteiger partial charge on any atom is -0.493 e. The monoisotopic (exact) mass is 472 g/mol. The van der Waals surface area contributed by atoms with Gasteiger partial charge in [0.15, 0.2) is 11.5 Å². The molecule has 1 spiro atoms. The van der Waals surface area contributed by atoms with Gasteiger partial charge < -0.3 is 20.1 Å². The zero-order valence-corrected chi connectivity index (χ0v) is 19.6. The van der Waals surface area contributed by atoms with Gasteiger partial charge in [0.25, 0.3) is 5.91 Å². The lowest BCUT2D eigenvalue weighted by Crippen LogP contribution is -2.44. The lowest BCUT2D eigenvalue weighted by atomic mass is 9.98. The molecule has 0 unspecified atom stereocenters. The molecule has 1 aliphatic heterocycles. The Morgan fingerprint density at radius 1 is 1.21 bits per heavy atom. The number of carbonyl (C=O) groups is 3. The number of nitrogens with one attached hydrogen (secondary N) is 2. The molecule has 4 rings (SSSR count). The van der Waals surface area contributed by atoms with Crippen molar-refractivity contribution in [1.29, 1.82) is 0 Å². The van der Waals surface area contributed by atoms with Gasteiger partial charge in [0.2, 0.25) is 5.91 Å². The summed E-state index contributed by atoms with van der Waals surface area (Å²) < 4.78 is 10.6. The summed E-state index contributed by atoms with van der Waals surface area (Å²) in [6.07, 6.45) is 4.01. The maximum Gasteiger partial charge on any atom is 0.325 e. The van der Waals surface area contributed by atoms with Crippen LogP contribution in [0.2, 0.25) is 0 Å². The largest absolute Gasteiger partial charge is 0.493 e. The number of thiazole rings is 1. The standard InChI is InChI=1S/C23H28N4O5S/c1-31-17-7-6-15(12-18(17)32-2)20-25-16(14-33-20)13-19(28)24-10-5-11-27-21(29)23(26-22(27)30)8-3-4-9-23/h6-7,12,14H,3-5,8-11,13H2,1-2H3,(H,24,28)(H,26,30). The Labute approximate surface area is 196 Å². The predicted molar refractivity (Wildman–Crippen MR) is 123 cm³/mol. The van der Waals surface area contributed by atoms with Gasteiger partial charge in [0.1, 0.15) is 10.5 Å². The molecule has 0 radical (unpaired) electrons. The summed E-state index contributed by atoms with van der Waals surface area (Å²) in [5, 5.41) is 8.37. The molecule has 2 heterocycles. The smallest absolute Gasteiger partial charge is 0.325 e. The molecule has 33 heavy (non-hydrogen) atoms. The number of nitrogens with zero attached hydrogens (tertiary/aromatic N) is 2. The van der Waals surface area contributed by atoms with Gasteiger partial charge in [0.05, 0.1) is 26.3 Å². The molecule has 176 valence electrons. The number of rotatable bonds is 9. The van der Waals surface area contributed by atoms with E-state index in [4.69, 9.17) is 9.47 Å². The highest BCUT2D eigenvalue weighted by Crippen LogP contribution is 2.35. The molecule has 1 saturated carbocycles. The van der Waals surface area contributed by atoms with E-state index >= 15 is 0 Å². The number of hydrogen-bond donors (Lipinski definition) is 2. The van der Waals surface area contributed by atoms with E-state index in [0.717, 1.165) is 23.4 Å². The van der Waals surface area contributed by atoms with Gasteiger partial charge in [-0.2, -0.15) is 0 Å². The fraction of sp³-hybridized carbons (Fsp3) is 0.478. The number of ether oxygens (including phenoxy) is 2. The number of benzene rings is 1. The van der Waals surface area contributed by atoms with Gasteiger partial charge in [-0.3, -0.25) is 14.5 Å². The fourth-order valence-corrected chi connectivity index (χ4v) is 5.20. The maximum absolute atomic E-state index is 12.6. The third kappa shape index (κ3) is 4.80. The van der Waals surface area contributed by atoms with Crippen LogP contribution in [0.3, 0.4) is 0 Å². The van der Waals surface area contributed by atoms with Gasteiger partial charge in [-0.15, -0.1) is 11.3 Å². The predicted octanol–water partition coefficient (Wildman–Crippen LogP) is 2.74. The molecular weight excluding hydrogens is 444 g/mol. The minimum absolute atomic E-state index is 0.124. The van der Waals surface area contributed by atoms with Crippen molar-refractivity contribution in [2.24, 2.45) is 0 Å². The third-order valence-corrected chi connectivity index (χ3v) is 7.05. The Morgan fingerprint density at radius 2 is 1.97 bits per heavy atom. The minimum atomic E-state index is -0.684. The van der Waals surface area contributed by atoms with Crippen molar-refractivity contribution in [3.05, 3.63) is 29.3 Å². The van der Waals surface area contributed by atoms with Gasteiger partial charge in [-0.25, -0.2) is 9.78 Å². The zero-order chi connectivity index (χ0) is 23.4. The number of methoxy groups -OCH3 is 2. The number of amides is 4. The first-order valence-corrected chi connectivity index (χ1v) is 11.9. The average Bonchev–Trinajstić information content (AvgIpc) is 3.53. The summed E-state index contributed by atoms with van der Waals surface area (Å²) in [6, 6.07) is 5.25. The van der Waals surface area contributed by atoms with Crippen LogP contribution in [0.25, 0.3) is 10.6 Å². The van der Waals surface area contributed by atoms with Crippen LogP contribution in [0.15, 0.2) is 23.6 Å². The second-order valence-corrected chi connectivity index (χ2v) is 9.13. The molecule has 2 fully saturated rings. The van der Waals surface area contributed by atoms with Crippen molar-refractivity contribution >= 4 is 29.2 Å². The molecular formula is C23H28N4O5S. The molecule has 4 amide bonds. The molecule has 0 atom stereocenters. The molecule has 10 heteroatoms. The average molecular weight is 473 g/mol. The molecule has 2 N–H and O–H groups in total. The van der Waals surface area contributed by atoms with Gasteiger partial charge >= 0.3 is 6.03 Å². The van der Waals surface area contributed by atoms with Gasteiger partial charge in [-0.1, -0.05) is 12.8 Å². The van der Waals surface area contributed by atoms with E-state index in [1.54, 1.807) is 14.2 Å². The van der Waals surface area contributed by atoms with Crippen LogP contribution in [0.4, 0.5) is 4.79 Å². The van der Waals surface area contributed by atoms with Crippen molar-refractivity contribution in [3.8, 4) is 22.1 Å². The summed E-state index contributed by atoms with van der Waals surface area (Å²) in [7, 11) is 3.17. The quantitative estimate of drug-likeness (QED) is 0.429.